The number of carbonyl (C=O) groups excluding carboxylic acids is 1. The van der Waals surface area contributed by atoms with Crippen molar-refractivity contribution in [2.75, 3.05) is 6.54 Å². The molecule has 0 aliphatic rings. The van der Waals surface area contributed by atoms with Gasteiger partial charge in [0, 0.05) is 12.8 Å². The van der Waals surface area contributed by atoms with Crippen molar-refractivity contribution in [3.05, 3.63) is 34.9 Å². The van der Waals surface area contributed by atoms with Gasteiger partial charge < -0.3 is 5.73 Å². The molecule has 1 rings (SSSR count). The summed E-state index contributed by atoms with van der Waals surface area (Å²) in [6, 6.07) is 6.13. The fourth-order valence-electron chi connectivity index (χ4n) is 1.71. The van der Waals surface area contributed by atoms with Crippen LogP contribution in [0.3, 0.4) is 0 Å². The van der Waals surface area contributed by atoms with E-state index < -0.39 is 0 Å². The smallest absolute Gasteiger partial charge is 0.137 e. The van der Waals surface area contributed by atoms with Crippen LogP contribution in [0.15, 0.2) is 18.2 Å². The maximum absolute atomic E-state index is 11.6. The second kappa shape index (κ2) is 5.66. The average molecular weight is 205 g/mol. The minimum atomic E-state index is 0.290. The number of Topliss-reactive ketones (excluding diaryl/α,β-unsaturated/α-hetero) is 1. The first kappa shape index (κ1) is 11.9. The van der Waals surface area contributed by atoms with Crippen molar-refractivity contribution in [1.82, 2.24) is 0 Å². The van der Waals surface area contributed by atoms with Crippen LogP contribution >= 0.6 is 0 Å². The number of rotatable bonds is 5. The second-order valence-corrected chi connectivity index (χ2v) is 3.98. The Balaban J connectivity index is 2.68. The van der Waals surface area contributed by atoms with Crippen LogP contribution in [0.25, 0.3) is 0 Å². The molecule has 0 radical (unpaired) electrons. The molecule has 0 aromatic heterocycles. The summed E-state index contributed by atoms with van der Waals surface area (Å²) in [6.45, 7) is 4.70. The summed E-state index contributed by atoms with van der Waals surface area (Å²) < 4.78 is 0. The first-order chi connectivity index (χ1) is 7.15. The Morgan fingerprint density at radius 3 is 2.40 bits per heavy atom. The summed E-state index contributed by atoms with van der Waals surface area (Å²) in [5.41, 5.74) is 8.97. The number of benzene rings is 1. The minimum Gasteiger partial charge on any atom is -0.330 e. The van der Waals surface area contributed by atoms with Crippen molar-refractivity contribution in [3.63, 3.8) is 0 Å². The van der Waals surface area contributed by atoms with E-state index in [-0.39, 0.29) is 5.78 Å². The van der Waals surface area contributed by atoms with E-state index in [9.17, 15) is 4.79 Å². The lowest BCUT2D eigenvalue weighted by atomic mass is 9.97. The average Bonchev–Trinajstić information content (AvgIpc) is 2.21. The maximum Gasteiger partial charge on any atom is 0.137 e. The normalized spacial score (nSPS) is 10.3. The number of aryl methyl sites for hydroxylation is 2. The van der Waals surface area contributed by atoms with Crippen LogP contribution in [0.1, 0.15) is 29.5 Å². The second-order valence-electron chi connectivity index (χ2n) is 3.98. The quantitative estimate of drug-likeness (QED) is 0.800. The maximum atomic E-state index is 11.6. The van der Waals surface area contributed by atoms with Crippen LogP contribution in [-0.2, 0) is 11.2 Å². The topological polar surface area (TPSA) is 43.1 Å². The molecule has 0 atom stereocenters. The van der Waals surface area contributed by atoms with Gasteiger partial charge in [0.05, 0.1) is 0 Å². The van der Waals surface area contributed by atoms with Gasteiger partial charge in [0.15, 0.2) is 0 Å². The summed E-state index contributed by atoms with van der Waals surface area (Å²) in [6.07, 6.45) is 1.95. The molecule has 0 unspecified atom stereocenters. The van der Waals surface area contributed by atoms with Gasteiger partial charge in [0.1, 0.15) is 5.78 Å². The Labute approximate surface area is 91.5 Å². The molecule has 15 heavy (non-hydrogen) atoms. The monoisotopic (exact) mass is 205 g/mol. The number of nitrogens with two attached hydrogens (primary N) is 1. The molecule has 0 aliphatic carbocycles. The van der Waals surface area contributed by atoms with Gasteiger partial charge in [0.2, 0.25) is 0 Å². The molecule has 0 saturated carbocycles. The molecule has 0 heterocycles. The van der Waals surface area contributed by atoms with Gasteiger partial charge in [-0.3, -0.25) is 4.79 Å². The van der Waals surface area contributed by atoms with Crippen molar-refractivity contribution in [3.8, 4) is 0 Å². The highest BCUT2D eigenvalue weighted by molar-refractivity contribution is 5.81. The molecule has 82 valence electrons. The Kier molecular flexibility index (Phi) is 4.50. The third kappa shape index (κ3) is 3.48. The van der Waals surface area contributed by atoms with E-state index in [0.29, 0.717) is 19.4 Å². The lowest BCUT2D eigenvalue weighted by Crippen LogP contribution is -2.08. The van der Waals surface area contributed by atoms with Gasteiger partial charge in [-0.1, -0.05) is 18.2 Å². The molecule has 0 aliphatic heterocycles. The fourth-order valence-corrected chi connectivity index (χ4v) is 1.71. The van der Waals surface area contributed by atoms with E-state index in [2.05, 4.69) is 26.0 Å². The first-order valence-electron chi connectivity index (χ1n) is 5.42. The molecule has 0 fully saturated rings. The van der Waals surface area contributed by atoms with Crippen LogP contribution in [0.5, 0.6) is 0 Å². The Bertz CT molecular complexity index is 324. The molecule has 2 N–H and O–H groups in total. The Morgan fingerprint density at radius 2 is 1.87 bits per heavy atom. The molecule has 0 bridgehead atoms. The third-order valence-corrected chi connectivity index (χ3v) is 2.68. The lowest BCUT2D eigenvalue weighted by Gasteiger charge is -2.08. The van der Waals surface area contributed by atoms with E-state index in [0.717, 1.165) is 6.42 Å². The zero-order chi connectivity index (χ0) is 11.3. The molecule has 0 spiro atoms. The van der Waals surface area contributed by atoms with Gasteiger partial charge in [-0.05, 0) is 43.5 Å². The van der Waals surface area contributed by atoms with Crippen molar-refractivity contribution in [1.29, 1.82) is 0 Å². The van der Waals surface area contributed by atoms with Gasteiger partial charge in [-0.25, -0.2) is 0 Å². The number of hydrogen-bond donors (Lipinski definition) is 1. The zero-order valence-corrected chi connectivity index (χ0v) is 9.55. The third-order valence-electron chi connectivity index (χ3n) is 2.68. The van der Waals surface area contributed by atoms with Crippen molar-refractivity contribution in [2.24, 2.45) is 5.73 Å². The summed E-state index contributed by atoms with van der Waals surface area (Å²) in [7, 11) is 0. The number of carbonyl (C=O) groups is 1. The Morgan fingerprint density at radius 1 is 1.27 bits per heavy atom. The summed E-state index contributed by atoms with van der Waals surface area (Å²) in [4.78, 5) is 11.6. The standard InChI is InChI=1S/C13H19NO/c1-10-5-3-6-11(2)13(10)9-12(15)7-4-8-14/h3,5-6H,4,7-9,14H2,1-2H3. The van der Waals surface area contributed by atoms with Gasteiger partial charge >= 0.3 is 0 Å². The highest BCUT2D eigenvalue weighted by atomic mass is 16.1. The molecular formula is C13H19NO. The predicted octanol–water partition coefficient (Wildman–Crippen LogP) is 2.15. The van der Waals surface area contributed by atoms with Crippen molar-refractivity contribution in [2.45, 2.75) is 33.1 Å². The molecular weight excluding hydrogens is 186 g/mol. The van der Waals surface area contributed by atoms with E-state index >= 15 is 0 Å². The predicted molar refractivity (Wildman–Crippen MR) is 62.9 cm³/mol. The molecule has 0 saturated heterocycles. The molecule has 2 heteroatoms. The van der Waals surface area contributed by atoms with Gasteiger partial charge in [0.25, 0.3) is 0 Å². The Hall–Kier alpha value is -1.15. The highest BCUT2D eigenvalue weighted by Gasteiger charge is 2.07. The lowest BCUT2D eigenvalue weighted by molar-refractivity contribution is -0.118. The number of ketones is 1. The van der Waals surface area contributed by atoms with Gasteiger partial charge in [-0.15, -0.1) is 0 Å². The summed E-state index contributed by atoms with van der Waals surface area (Å²) in [5, 5.41) is 0. The SMILES string of the molecule is Cc1cccc(C)c1CC(=O)CCCN. The van der Waals surface area contributed by atoms with Crippen molar-refractivity contribution < 1.29 is 4.79 Å². The van der Waals surface area contributed by atoms with Gasteiger partial charge in [-0.2, -0.15) is 0 Å². The van der Waals surface area contributed by atoms with E-state index in [1.165, 1.54) is 16.7 Å². The van der Waals surface area contributed by atoms with E-state index in [1.807, 2.05) is 6.07 Å². The van der Waals surface area contributed by atoms with E-state index in [1.54, 1.807) is 0 Å². The van der Waals surface area contributed by atoms with Crippen LogP contribution in [0.4, 0.5) is 0 Å². The molecule has 2 nitrogen and oxygen atoms in total. The zero-order valence-electron chi connectivity index (χ0n) is 9.55. The van der Waals surface area contributed by atoms with Crippen molar-refractivity contribution >= 4 is 5.78 Å². The number of hydrogen-bond acceptors (Lipinski definition) is 2. The van der Waals surface area contributed by atoms with E-state index in [4.69, 9.17) is 5.73 Å². The van der Waals surface area contributed by atoms with Crippen LogP contribution in [0.2, 0.25) is 0 Å². The van der Waals surface area contributed by atoms with Crippen LogP contribution < -0.4 is 5.73 Å². The minimum absolute atomic E-state index is 0.290. The summed E-state index contributed by atoms with van der Waals surface area (Å²) >= 11 is 0. The largest absolute Gasteiger partial charge is 0.330 e. The molecule has 1 aromatic rings. The molecule has 1 aromatic carbocycles. The molecule has 0 amide bonds. The fraction of sp³-hybridized carbons (Fsp3) is 0.462. The summed E-state index contributed by atoms with van der Waals surface area (Å²) in [5.74, 6) is 0.290. The first-order valence-corrected chi connectivity index (χ1v) is 5.42. The van der Waals surface area contributed by atoms with Crippen LogP contribution in [0, 0.1) is 13.8 Å². The van der Waals surface area contributed by atoms with Crippen LogP contribution in [-0.4, -0.2) is 12.3 Å². The highest BCUT2D eigenvalue weighted by Crippen LogP contribution is 2.14.